The van der Waals surface area contributed by atoms with Crippen LogP contribution in [0.25, 0.3) is 0 Å². The lowest BCUT2D eigenvalue weighted by Crippen LogP contribution is -2.32. The maximum atomic E-state index is 13.1. The first kappa shape index (κ1) is 18.2. The number of benzene rings is 2. The molecule has 1 aliphatic carbocycles. The van der Waals surface area contributed by atoms with E-state index >= 15 is 0 Å². The molecule has 138 valence electrons. The van der Waals surface area contributed by atoms with E-state index in [-0.39, 0.29) is 11.7 Å². The van der Waals surface area contributed by atoms with Gasteiger partial charge in [0.2, 0.25) is 5.91 Å². The largest absolute Gasteiger partial charge is 0.497 e. The maximum Gasteiger partial charge on any atom is 0.223 e. The van der Waals surface area contributed by atoms with Crippen LogP contribution in [0.2, 0.25) is 0 Å². The van der Waals surface area contributed by atoms with Gasteiger partial charge in [0.25, 0.3) is 0 Å². The number of methoxy groups -OCH3 is 2. The fourth-order valence-electron chi connectivity index (χ4n) is 3.06. The van der Waals surface area contributed by atoms with Crippen molar-refractivity contribution in [2.45, 2.75) is 38.3 Å². The van der Waals surface area contributed by atoms with E-state index in [2.05, 4.69) is 0 Å². The summed E-state index contributed by atoms with van der Waals surface area (Å²) in [5, 5.41) is 0. The molecule has 0 heterocycles. The minimum Gasteiger partial charge on any atom is -0.497 e. The van der Waals surface area contributed by atoms with Crippen molar-refractivity contribution in [3.8, 4) is 11.5 Å². The fraction of sp³-hybridized carbons (Fsp3) is 0.381. The van der Waals surface area contributed by atoms with Crippen molar-refractivity contribution in [1.29, 1.82) is 0 Å². The molecule has 0 radical (unpaired) electrons. The summed E-state index contributed by atoms with van der Waals surface area (Å²) in [6, 6.07) is 12.3. The van der Waals surface area contributed by atoms with Crippen LogP contribution in [0.15, 0.2) is 42.5 Å². The average molecular weight is 357 g/mol. The number of halogens is 1. The van der Waals surface area contributed by atoms with Crippen molar-refractivity contribution < 1.29 is 18.7 Å². The van der Waals surface area contributed by atoms with Crippen LogP contribution in [0.5, 0.6) is 11.5 Å². The van der Waals surface area contributed by atoms with E-state index in [0.29, 0.717) is 25.4 Å². The van der Waals surface area contributed by atoms with Crippen molar-refractivity contribution in [3.63, 3.8) is 0 Å². The van der Waals surface area contributed by atoms with Crippen molar-refractivity contribution in [3.05, 3.63) is 59.4 Å². The molecule has 26 heavy (non-hydrogen) atoms. The van der Waals surface area contributed by atoms with Crippen LogP contribution in [0.3, 0.4) is 0 Å². The van der Waals surface area contributed by atoms with Crippen molar-refractivity contribution >= 4 is 5.91 Å². The second-order valence-corrected chi connectivity index (χ2v) is 6.56. The molecule has 0 N–H and O–H groups in total. The third-order valence-electron chi connectivity index (χ3n) is 4.67. The Labute approximate surface area is 153 Å². The molecule has 3 rings (SSSR count). The number of hydrogen-bond donors (Lipinski definition) is 0. The van der Waals surface area contributed by atoms with Gasteiger partial charge in [-0.25, -0.2) is 4.39 Å². The van der Waals surface area contributed by atoms with E-state index in [4.69, 9.17) is 9.47 Å². The molecule has 2 aromatic rings. The molecular weight excluding hydrogens is 333 g/mol. The molecule has 0 atom stereocenters. The minimum atomic E-state index is -0.261. The molecule has 0 saturated heterocycles. The van der Waals surface area contributed by atoms with Gasteiger partial charge in [-0.1, -0.05) is 12.1 Å². The van der Waals surface area contributed by atoms with E-state index in [1.807, 2.05) is 23.1 Å². The normalized spacial score (nSPS) is 13.3. The van der Waals surface area contributed by atoms with Gasteiger partial charge in [-0.2, -0.15) is 0 Å². The number of amides is 1. The van der Waals surface area contributed by atoms with Crippen molar-refractivity contribution in [1.82, 2.24) is 4.90 Å². The van der Waals surface area contributed by atoms with Crippen molar-refractivity contribution in [2.75, 3.05) is 14.2 Å². The van der Waals surface area contributed by atoms with E-state index in [1.165, 1.54) is 12.1 Å². The van der Waals surface area contributed by atoms with Crippen molar-refractivity contribution in [2.24, 2.45) is 0 Å². The van der Waals surface area contributed by atoms with Gasteiger partial charge >= 0.3 is 0 Å². The summed E-state index contributed by atoms with van der Waals surface area (Å²) in [6.07, 6.45) is 3.07. The van der Waals surface area contributed by atoms with Gasteiger partial charge in [0, 0.05) is 19.0 Å². The zero-order valence-electron chi connectivity index (χ0n) is 15.2. The molecule has 4 nitrogen and oxygen atoms in total. The Bertz CT molecular complexity index is 756. The molecule has 1 amide bonds. The highest BCUT2D eigenvalue weighted by Gasteiger charge is 2.32. The molecular formula is C21H24FNO3. The number of ether oxygens (including phenoxy) is 2. The second kappa shape index (κ2) is 8.21. The first-order chi connectivity index (χ1) is 12.6. The van der Waals surface area contributed by atoms with Gasteiger partial charge in [0.1, 0.15) is 17.3 Å². The highest BCUT2D eigenvalue weighted by atomic mass is 19.1. The first-order valence-electron chi connectivity index (χ1n) is 8.85. The molecule has 5 heteroatoms. The molecule has 0 unspecified atom stereocenters. The van der Waals surface area contributed by atoms with E-state index in [9.17, 15) is 9.18 Å². The Kier molecular flexibility index (Phi) is 5.76. The Morgan fingerprint density at radius 1 is 1.12 bits per heavy atom. The SMILES string of the molecule is COc1ccc(OC)c(CCC(=O)N(Cc2ccc(F)cc2)C2CC2)c1. The topological polar surface area (TPSA) is 38.8 Å². The predicted octanol–water partition coefficient (Wildman–Crippen LogP) is 3.97. The van der Waals surface area contributed by atoms with E-state index in [1.54, 1.807) is 26.4 Å². The molecule has 0 spiro atoms. The molecule has 0 aromatic heterocycles. The first-order valence-corrected chi connectivity index (χ1v) is 8.85. The Hall–Kier alpha value is -2.56. The van der Waals surface area contributed by atoms with Crippen LogP contribution < -0.4 is 9.47 Å². The summed E-state index contributed by atoms with van der Waals surface area (Å²) in [5.41, 5.74) is 1.91. The van der Waals surface area contributed by atoms with Crippen LogP contribution in [-0.2, 0) is 17.8 Å². The lowest BCUT2D eigenvalue weighted by Gasteiger charge is -2.23. The van der Waals surface area contributed by atoms with Gasteiger partial charge < -0.3 is 14.4 Å². The molecule has 0 bridgehead atoms. The Morgan fingerprint density at radius 3 is 2.46 bits per heavy atom. The number of aryl methyl sites for hydroxylation is 1. The summed E-state index contributed by atoms with van der Waals surface area (Å²) in [6.45, 7) is 0.527. The lowest BCUT2D eigenvalue weighted by atomic mass is 10.1. The average Bonchev–Trinajstić information content (AvgIpc) is 3.50. The fourth-order valence-corrected chi connectivity index (χ4v) is 3.06. The van der Waals surface area contributed by atoms with Crippen LogP contribution in [0, 0.1) is 5.82 Å². The second-order valence-electron chi connectivity index (χ2n) is 6.56. The number of rotatable bonds is 8. The van der Waals surface area contributed by atoms with E-state index < -0.39 is 0 Å². The number of carbonyl (C=O) groups excluding carboxylic acids is 1. The van der Waals surface area contributed by atoms with Gasteiger partial charge in [-0.15, -0.1) is 0 Å². The van der Waals surface area contributed by atoms with E-state index in [0.717, 1.165) is 35.5 Å². The minimum absolute atomic E-state index is 0.113. The molecule has 1 aliphatic rings. The monoisotopic (exact) mass is 357 g/mol. The maximum absolute atomic E-state index is 13.1. The van der Waals surface area contributed by atoms with Gasteiger partial charge in [0.05, 0.1) is 14.2 Å². The summed E-state index contributed by atoms with van der Waals surface area (Å²) in [4.78, 5) is 14.7. The van der Waals surface area contributed by atoms with Crippen LogP contribution in [-0.4, -0.2) is 31.1 Å². The molecule has 2 aromatic carbocycles. The van der Waals surface area contributed by atoms with Gasteiger partial charge in [0.15, 0.2) is 0 Å². The number of hydrogen-bond acceptors (Lipinski definition) is 3. The quantitative estimate of drug-likeness (QED) is 0.718. The summed E-state index contributed by atoms with van der Waals surface area (Å²) in [7, 11) is 3.24. The van der Waals surface area contributed by atoms with Crippen LogP contribution in [0.4, 0.5) is 4.39 Å². The highest BCUT2D eigenvalue weighted by Crippen LogP contribution is 2.30. The third-order valence-corrected chi connectivity index (χ3v) is 4.67. The van der Waals surface area contributed by atoms with Crippen LogP contribution in [0.1, 0.15) is 30.4 Å². The summed E-state index contributed by atoms with van der Waals surface area (Å²) >= 11 is 0. The Balaban J connectivity index is 1.66. The predicted molar refractivity (Wildman–Crippen MR) is 97.8 cm³/mol. The van der Waals surface area contributed by atoms with Gasteiger partial charge in [-0.05, 0) is 60.7 Å². The zero-order chi connectivity index (χ0) is 18.5. The summed E-state index contributed by atoms with van der Waals surface area (Å²) in [5.74, 6) is 1.36. The lowest BCUT2D eigenvalue weighted by molar-refractivity contribution is -0.132. The summed E-state index contributed by atoms with van der Waals surface area (Å²) < 4.78 is 23.7. The van der Waals surface area contributed by atoms with Gasteiger partial charge in [-0.3, -0.25) is 4.79 Å². The van der Waals surface area contributed by atoms with Crippen LogP contribution >= 0.6 is 0 Å². The molecule has 1 fully saturated rings. The number of nitrogens with zero attached hydrogens (tertiary/aromatic N) is 1. The Morgan fingerprint density at radius 2 is 1.85 bits per heavy atom. The molecule has 1 saturated carbocycles. The highest BCUT2D eigenvalue weighted by molar-refractivity contribution is 5.77. The number of carbonyl (C=O) groups is 1. The smallest absolute Gasteiger partial charge is 0.223 e. The zero-order valence-corrected chi connectivity index (χ0v) is 15.2. The molecule has 0 aliphatic heterocycles. The standard InChI is InChI=1S/C21H24FNO3/c1-25-19-10-11-20(26-2)16(13-19)5-12-21(24)23(18-8-9-18)14-15-3-6-17(22)7-4-15/h3-4,6-7,10-11,13,18H,5,8-9,12,14H2,1-2H3. The third kappa shape index (κ3) is 4.54.